The molecule has 0 radical (unpaired) electrons. The zero-order valence-electron chi connectivity index (χ0n) is 18.6. The van der Waals surface area contributed by atoms with Crippen LogP contribution in [-0.4, -0.2) is 44.0 Å². The van der Waals surface area contributed by atoms with Gasteiger partial charge < -0.3 is 15.2 Å². The van der Waals surface area contributed by atoms with Gasteiger partial charge in [-0.3, -0.25) is 23.5 Å². The van der Waals surface area contributed by atoms with Gasteiger partial charge in [-0.15, -0.1) is 0 Å². The van der Waals surface area contributed by atoms with Crippen molar-refractivity contribution in [1.29, 1.82) is 0 Å². The molecular weight excluding hydrogens is 412 g/mol. The number of carbonyl (C=O) groups is 2. The Morgan fingerprint density at radius 2 is 1.84 bits per heavy atom. The summed E-state index contributed by atoms with van der Waals surface area (Å²) >= 11 is 0. The van der Waals surface area contributed by atoms with Crippen LogP contribution in [0.15, 0.2) is 33.9 Å². The van der Waals surface area contributed by atoms with Crippen LogP contribution in [0.4, 0.5) is 5.69 Å². The van der Waals surface area contributed by atoms with E-state index < -0.39 is 16.7 Å². The van der Waals surface area contributed by atoms with Crippen molar-refractivity contribution in [2.24, 2.45) is 14.1 Å². The van der Waals surface area contributed by atoms with Gasteiger partial charge in [0.2, 0.25) is 11.8 Å². The maximum absolute atomic E-state index is 12.8. The number of aromatic nitrogens is 4. The van der Waals surface area contributed by atoms with Crippen LogP contribution >= 0.6 is 0 Å². The second-order valence-corrected chi connectivity index (χ2v) is 8.54. The van der Waals surface area contributed by atoms with E-state index in [1.54, 1.807) is 11.9 Å². The number of hydrogen-bond donors (Lipinski definition) is 2. The lowest BCUT2D eigenvalue weighted by Crippen LogP contribution is -2.38. The lowest BCUT2D eigenvalue weighted by atomic mass is 9.86. The number of nitrogens with zero attached hydrogens (tertiary/aromatic N) is 4. The predicted molar refractivity (Wildman–Crippen MR) is 120 cm³/mol. The van der Waals surface area contributed by atoms with Crippen LogP contribution in [-0.2, 0) is 35.5 Å². The van der Waals surface area contributed by atoms with Gasteiger partial charge in [0.15, 0.2) is 5.65 Å². The molecule has 4 rings (SSSR count). The monoisotopic (exact) mass is 438 g/mol. The highest BCUT2D eigenvalue weighted by atomic mass is 16.2. The molecule has 1 aromatic carbocycles. The van der Waals surface area contributed by atoms with Gasteiger partial charge in [-0.2, -0.15) is 0 Å². The number of anilines is 1. The highest BCUT2D eigenvalue weighted by Crippen LogP contribution is 2.41. The molecule has 2 aromatic heterocycles. The van der Waals surface area contributed by atoms with Crippen molar-refractivity contribution in [3.8, 4) is 0 Å². The number of para-hydroxylation sites is 1. The molecule has 0 saturated carbocycles. The minimum Gasteiger partial charge on any atom is -0.356 e. The number of aryl methyl sites for hydroxylation is 1. The molecular formula is C22H26N6O4. The minimum atomic E-state index is -0.606. The number of imidazole rings is 1. The van der Waals surface area contributed by atoms with Gasteiger partial charge in [-0.05, 0) is 25.5 Å². The number of fused-ring (bicyclic) bond motifs is 2. The number of H-pyrrole nitrogens is 1. The van der Waals surface area contributed by atoms with Crippen molar-refractivity contribution in [3.63, 3.8) is 0 Å². The van der Waals surface area contributed by atoms with Crippen molar-refractivity contribution in [2.75, 3.05) is 18.0 Å². The molecule has 3 heterocycles. The number of amides is 2. The van der Waals surface area contributed by atoms with E-state index in [1.807, 2.05) is 38.1 Å². The fourth-order valence-corrected chi connectivity index (χ4v) is 4.14. The second-order valence-electron chi connectivity index (χ2n) is 8.54. The first-order valence-corrected chi connectivity index (χ1v) is 10.5. The van der Waals surface area contributed by atoms with E-state index in [0.29, 0.717) is 25.3 Å². The number of nitrogens with one attached hydrogen (secondary N) is 2. The Bertz CT molecular complexity index is 1350. The summed E-state index contributed by atoms with van der Waals surface area (Å²) in [4.78, 5) is 58.4. The van der Waals surface area contributed by atoms with Crippen LogP contribution in [0.3, 0.4) is 0 Å². The fourth-order valence-electron chi connectivity index (χ4n) is 4.14. The average Bonchev–Trinajstić information content (AvgIpc) is 3.28. The van der Waals surface area contributed by atoms with Crippen LogP contribution < -0.4 is 21.5 Å². The Balaban J connectivity index is 1.36. The van der Waals surface area contributed by atoms with Crippen LogP contribution in [0.25, 0.3) is 11.2 Å². The molecule has 3 aromatic rings. The Labute approximate surface area is 183 Å². The highest BCUT2D eigenvalue weighted by Gasteiger charge is 2.43. The number of carbonyl (C=O) groups excluding carboxylic acids is 2. The first-order chi connectivity index (χ1) is 15.1. The van der Waals surface area contributed by atoms with Crippen molar-refractivity contribution in [3.05, 3.63) is 56.5 Å². The number of hydrogen-bond acceptors (Lipinski definition) is 5. The quantitative estimate of drug-likeness (QED) is 0.575. The smallest absolute Gasteiger partial charge is 0.332 e. The summed E-state index contributed by atoms with van der Waals surface area (Å²) in [5.41, 5.74) is 0.865. The second kappa shape index (κ2) is 7.77. The third kappa shape index (κ3) is 3.41. The molecule has 1 aliphatic heterocycles. The molecule has 2 amide bonds. The van der Waals surface area contributed by atoms with Crippen LogP contribution in [0.2, 0.25) is 0 Å². The summed E-state index contributed by atoms with van der Waals surface area (Å²) in [5.74, 6) is 0.310. The standard InChI is InChI=1S/C22H26N6O4/c1-22(2)13-7-5-6-8-14(13)28(20(22)31)12-10-16(29)23-11-9-15-24-17-18(25-15)26(3)21(32)27(4)19(17)30/h5-8H,9-12H2,1-4H3,(H,23,29)(H,24,25). The molecule has 0 saturated heterocycles. The minimum absolute atomic E-state index is 0.0130. The first-order valence-electron chi connectivity index (χ1n) is 10.5. The Morgan fingerprint density at radius 1 is 1.12 bits per heavy atom. The van der Waals surface area contributed by atoms with Crippen LogP contribution in [0.5, 0.6) is 0 Å². The summed E-state index contributed by atoms with van der Waals surface area (Å²) in [5, 5.41) is 2.82. The Morgan fingerprint density at radius 3 is 2.59 bits per heavy atom. The van der Waals surface area contributed by atoms with Gasteiger partial charge in [0.25, 0.3) is 5.56 Å². The average molecular weight is 438 g/mol. The van der Waals surface area contributed by atoms with E-state index >= 15 is 0 Å². The fraction of sp³-hybridized carbons (Fsp3) is 0.409. The zero-order valence-corrected chi connectivity index (χ0v) is 18.6. The third-order valence-electron chi connectivity index (χ3n) is 6.04. The van der Waals surface area contributed by atoms with E-state index in [9.17, 15) is 19.2 Å². The van der Waals surface area contributed by atoms with Crippen molar-refractivity contribution >= 4 is 28.7 Å². The lowest BCUT2D eigenvalue weighted by Gasteiger charge is -2.20. The van der Waals surface area contributed by atoms with Crippen molar-refractivity contribution in [2.45, 2.75) is 32.1 Å². The summed E-state index contributed by atoms with van der Waals surface area (Å²) in [6, 6.07) is 7.65. The van der Waals surface area contributed by atoms with Gasteiger partial charge >= 0.3 is 5.69 Å². The van der Waals surface area contributed by atoms with Crippen molar-refractivity contribution in [1.82, 2.24) is 24.4 Å². The number of aromatic amines is 1. The summed E-state index contributed by atoms with van der Waals surface area (Å²) in [6.45, 7) is 4.40. The van der Waals surface area contributed by atoms with Gasteiger partial charge in [-0.25, -0.2) is 9.78 Å². The van der Waals surface area contributed by atoms with Gasteiger partial charge in [0.1, 0.15) is 11.3 Å². The normalized spacial score (nSPS) is 14.8. The number of benzene rings is 1. The van der Waals surface area contributed by atoms with E-state index in [0.717, 1.165) is 15.8 Å². The molecule has 0 aliphatic carbocycles. The van der Waals surface area contributed by atoms with E-state index in [1.165, 1.54) is 11.6 Å². The van der Waals surface area contributed by atoms with Gasteiger partial charge in [0, 0.05) is 45.7 Å². The molecule has 168 valence electrons. The molecule has 0 atom stereocenters. The summed E-state index contributed by atoms with van der Waals surface area (Å²) in [7, 11) is 2.96. The summed E-state index contributed by atoms with van der Waals surface area (Å²) in [6.07, 6.45) is 0.543. The predicted octanol–water partition coefficient (Wildman–Crippen LogP) is 0.334. The Kier molecular flexibility index (Phi) is 5.23. The molecule has 2 N–H and O–H groups in total. The van der Waals surface area contributed by atoms with E-state index in [2.05, 4.69) is 15.3 Å². The molecule has 32 heavy (non-hydrogen) atoms. The number of rotatable bonds is 6. The van der Waals surface area contributed by atoms with Gasteiger partial charge in [-0.1, -0.05) is 18.2 Å². The molecule has 1 aliphatic rings. The molecule has 0 fully saturated rings. The maximum atomic E-state index is 12.8. The lowest BCUT2D eigenvalue weighted by molar-refractivity contribution is -0.122. The molecule has 10 nitrogen and oxygen atoms in total. The Hall–Kier alpha value is -3.69. The topological polar surface area (TPSA) is 122 Å². The third-order valence-corrected chi connectivity index (χ3v) is 6.04. The van der Waals surface area contributed by atoms with Crippen LogP contribution in [0, 0.1) is 0 Å². The molecule has 0 spiro atoms. The highest BCUT2D eigenvalue weighted by molar-refractivity contribution is 6.07. The molecule has 10 heteroatoms. The van der Waals surface area contributed by atoms with E-state index in [4.69, 9.17) is 0 Å². The molecule has 0 bridgehead atoms. The summed E-state index contributed by atoms with van der Waals surface area (Å²) < 4.78 is 2.33. The largest absolute Gasteiger partial charge is 0.356 e. The molecule has 0 unspecified atom stereocenters. The van der Waals surface area contributed by atoms with Crippen molar-refractivity contribution < 1.29 is 9.59 Å². The SMILES string of the molecule is Cn1c(=O)c2[nH]c(CCNC(=O)CCN3C(=O)C(C)(C)c4ccccc43)nc2n(C)c1=O. The zero-order chi connectivity index (χ0) is 23.2. The maximum Gasteiger partial charge on any atom is 0.332 e. The van der Waals surface area contributed by atoms with E-state index in [-0.39, 0.29) is 29.4 Å². The first kappa shape index (κ1) is 21.5. The van der Waals surface area contributed by atoms with Crippen LogP contribution in [0.1, 0.15) is 31.7 Å². The van der Waals surface area contributed by atoms with Gasteiger partial charge in [0.05, 0.1) is 5.41 Å².